The van der Waals surface area contributed by atoms with Crippen molar-refractivity contribution in [2.75, 3.05) is 0 Å². The highest BCUT2D eigenvalue weighted by atomic mass is 19.1. The second kappa shape index (κ2) is 4.10. The summed E-state index contributed by atoms with van der Waals surface area (Å²) in [5.41, 5.74) is 7.53. The number of halogens is 1. The minimum atomic E-state index is -0.264. The first-order valence-electron chi connectivity index (χ1n) is 5.18. The summed E-state index contributed by atoms with van der Waals surface area (Å²) in [5, 5.41) is 0.787. The zero-order chi connectivity index (χ0) is 11.7. The van der Waals surface area contributed by atoms with Crippen LogP contribution in [0, 0.1) is 12.7 Å². The maximum atomic E-state index is 13.1. The Morgan fingerprint density at radius 2 is 2.31 bits per heavy atom. The fourth-order valence-electron chi connectivity index (χ4n) is 1.85. The summed E-state index contributed by atoms with van der Waals surface area (Å²) in [7, 11) is 0. The van der Waals surface area contributed by atoms with Crippen LogP contribution in [-0.4, -0.2) is 0 Å². The van der Waals surface area contributed by atoms with Gasteiger partial charge in [0.05, 0.1) is 6.04 Å². The van der Waals surface area contributed by atoms with E-state index >= 15 is 0 Å². The average Bonchev–Trinajstić information content (AvgIpc) is 2.57. The Hall–Kier alpha value is -1.61. The molecule has 0 fully saturated rings. The van der Waals surface area contributed by atoms with E-state index in [0.717, 1.165) is 10.9 Å². The van der Waals surface area contributed by atoms with Gasteiger partial charge in [-0.05, 0) is 31.5 Å². The van der Waals surface area contributed by atoms with E-state index in [4.69, 9.17) is 10.2 Å². The first kappa shape index (κ1) is 10.9. The van der Waals surface area contributed by atoms with E-state index in [2.05, 4.69) is 6.58 Å². The first-order chi connectivity index (χ1) is 7.63. The molecule has 0 spiro atoms. The fourth-order valence-corrected chi connectivity index (χ4v) is 1.85. The molecule has 16 heavy (non-hydrogen) atoms. The van der Waals surface area contributed by atoms with Gasteiger partial charge in [-0.1, -0.05) is 6.08 Å². The summed E-state index contributed by atoms with van der Waals surface area (Å²) in [5.74, 6) is 0.445. The van der Waals surface area contributed by atoms with E-state index < -0.39 is 0 Å². The summed E-state index contributed by atoms with van der Waals surface area (Å²) >= 11 is 0. The van der Waals surface area contributed by atoms with E-state index in [0.29, 0.717) is 17.8 Å². The van der Waals surface area contributed by atoms with Crippen molar-refractivity contribution >= 4 is 11.0 Å². The van der Waals surface area contributed by atoms with Gasteiger partial charge in [0.2, 0.25) is 0 Å². The molecule has 0 bridgehead atoms. The van der Waals surface area contributed by atoms with Crippen molar-refractivity contribution in [1.82, 2.24) is 0 Å². The third-order valence-corrected chi connectivity index (χ3v) is 2.69. The van der Waals surface area contributed by atoms with Crippen molar-refractivity contribution in [1.29, 1.82) is 0 Å². The number of rotatable bonds is 3. The molecule has 0 saturated carbocycles. The van der Waals surface area contributed by atoms with Crippen molar-refractivity contribution in [2.45, 2.75) is 19.4 Å². The Balaban J connectivity index is 2.55. The fraction of sp³-hybridized carbons (Fsp3) is 0.231. The maximum Gasteiger partial charge on any atom is 0.134 e. The predicted octanol–water partition coefficient (Wildman–Crippen LogP) is 3.46. The van der Waals surface area contributed by atoms with Crippen molar-refractivity contribution in [3.05, 3.63) is 48.0 Å². The number of benzene rings is 1. The molecule has 3 heteroatoms. The highest BCUT2D eigenvalue weighted by molar-refractivity contribution is 5.82. The highest BCUT2D eigenvalue weighted by Crippen LogP contribution is 2.30. The molecule has 2 nitrogen and oxygen atoms in total. The third-order valence-electron chi connectivity index (χ3n) is 2.69. The Labute approximate surface area is 93.5 Å². The van der Waals surface area contributed by atoms with E-state index in [1.165, 1.54) is 12.1 Å². The zero-order valence-corrected chi connectivity index (χ0v) is 9.16. The normalized spacial score (nSPS) is 12.9. The Bertz CT molecular complexity index is 530. The van der Waals surface area contributed by atoms with Crippen LogP contribution in [0.3, 0.4) is 0 Å². The number of hydrogen-bond donors (Lipinski definition) is 1. The summed E-state index contributed by atoms with van der Waals surface area (Å²) in [6, 6.07) is 4.27. The lowest BCUT2D eigenvalue weighted by atomic mass is 10.1. The average molecular weight is 219 g/mol. The van der Waals surface area contributed by atoms with Crippen LogP contribution in [-0.2, 0) is 0 Å². The zero-order valence-electron chi connectivity index (χ0n) is 9.16. The van der Waals surface area contributed by atoms with Crippen LogP contribution in [0.4, 0.5) is 4.39 Å². The topological polar surface area (TPSA) is 39.2 Å². The molecule has 1 atom stereocenters. The Kier molecular flexibility index (Phi) is 2.79. The van der Waals surface area contributed by atoms with E-state index in [1.807, 2.05) is 6.92 Å². The van der Waals surface area contributed by atoms with Gasteiger partial charge in [-0.2, -0.15) is 0 Å². The lowest BCUT2D eigenvalue weighted by molar-refractivity contribution is 0.493. The maximum absolute atomic E-state index is 13.1. The molecular formula is C13H14FNO. The molecule has 1 aromatic heterocycles. The van der Waals surface area contributed by atoms with Crippen LogP contribution in [0.5, 0.6) is 0 Å². The molecule has 2 aromatic rings. The molecule has 0 saturated heterocycles. The van der Waals surface area contributed by atoms with Gasteiger partial charge in [-0.25, -0.2) is 4.39 Å². The van der Waals surface area contributed by atoms with Gasteiger partial charge < -0.3 is 10.2 Å². The number of aryl methyl sites for hydroxylation is 1. The molecule has 1 aromatic carbocycles. The van der Waals surface area contributed by atoms with Crippen molar-refractivity contribution in [3.63, 3.8) is 0 Å². The summed E-state index contributed by atoms with van der Waals surface area (Å²) in [6.07, 6.45) is 2.39. The molecule has 0 aliphatic heterocycles. The molecule has 0 aliphatic rings. The smallest absolute Gasteiger partial charge is 0.134 e. The molecule has 2 rings (SSSR count). The minimum absolute atomic E-state index is 0.215. The minimum Gasteiger partial charge on any atom is -0.459 e. The standard InChI is InChI=1S/C13H14FNO/c1-3-4-11(15)13-8(2)10-7-9(14)5-6-12(10)16-13/h3,5-7,11H,1,4,15H2,2H3. The lowest BCUT2D eigenvalue weighted by Gasteiger charge is -2.05. The molecule has 0 aliphatic carbocycles. The SMILES string of the molecule is C=CCC(N)c1oc2ccc(F)cc2c1C. The van der Waals surface area contributed by atoms with Gasteiger partial charge >= 0.3 is 0 Å². The van der Waals surface area contributed by atoms with Gasteiger partial charge in [0.1, 0.15) is 17.2 Å². The second-order valence-electron chi connectivity index (χ2n) is 3.86. The first-order valence-corrected chi connectivity index (χ1v) is 5.18. The van der Waals surface area contributed by atoms with Crippen molar-refractivity contribution in [2.24, 2.45) is 5.73 Å². The van der Waals surface area contributed by atoms with Crippen LogP contribution in [0.2, 0.25) is 0 Å². The number of fused-ring (bicyclic) bond motifs is 1. The Morgan fingerprint density at radius 3 is 3.00 bits per heavy atom. The molecular weight excluding hydrogens is 205 g/mol. The van der Waals surface area contributed by atoms with Crippen LogP contribution >= 0.6 is 0 Å². The lowest BCUT2D eigenvalue weighted by Crippen LogP contribution is -2.08. The summed E-state index contributed by atoms with van der Waals surface area (Å²) < 4.78 is 18.7. The quantitative estimate of drug-likeness (QED) is 0.803. The number of furan rings is 1. The van der Waals surface area contributed by atoms with E-state index in [9.17, 15) is 4.39 Å². The predicted molar refractivity (Wildman–Crippen MR) is 62.7 cm³/mol. The molecule has 2 N–H and O–H groups in total. The summed E-state index contributed by atoms with van der Waals surface area (Å²) in [4.78, 5) is 0. The van der Waals surface area contributed by atoms with Gasteiger partial charge in [-0.3, -0.25) is 0 Å². The molecule has 0 radical (unpaired) electrons. The largest absolute Gasteiger partial charge is 0.459 e. The summed E-state index contributed by atoms with van der Waals surface area (Å²) in [6.45, 7) is 5.53. The van der Waals surface area contributed by atoms with E-state index in [-0.39, 0.29) is 11.9 Å². The molecule has 1 unspecified atom stereocenters. The van der Waals surface area contributed by atoms with Crippen LogP contribution in [0.25, 0.3) is 11.0 Å². The number of hydrogen-bond acceptors (Lipinski definition) is 2. The van der Waals surface area contributed by atoms with Crippen LogP contribution in [0.15, 0.2) is 35.3 Å². The molecule has 84 valence electrons. The monoisotopic (exact) mass is 219 g/mol. The van der Waals surface area contributed by atoms with Gasteiger partial charge in [0.25, 0.3) is 0 Å². The van der Waals surface area contributed by atoms with Gasteiger partial charge in [0.15, 0.2) is 0 Å². The second-order valence-corrected chi connectivity index (χ2v) is 3.86. The van der Waals surface area contributed by atoms with Gasteiger partial charge in [0, 0.05) is 10.9 Å². The van der Waals surface area contributed by atoms with Crippen LogP contribution < -0.4 is 5.73 Å². The third kappa shape index (κ3) is 1.74. The van der Waals surface area contributed by atoms with Crippen molar-refractivity contribution in [3.8, 4) is 0 Å². The molecule has 0 amide bonds. The van der Waals surface area contributed by atoms with Crippen molar-refractivity contribution < 1.29 is 8.81 Å². The number of nitrogens with two attached hydrogens (primary N) is 1. The highest BCUT2D eigenvalue weighted by Gasteiger charge is 2.16. The molecule has 1 heterocycles. The van der Waals surface area contributed by atoms with Crippen LogP contribution in [0.1, 0.15) is 23.8 Å². The van der Waals surface area contributed by atoms with Gasteiger partial charge in [-0.15, -0.1) is 6.58 Å². The van der Waals surface area contributed by atoms with E-state index in [1.54, 1.807) is 12.1 Å². The Morgan fingerprint density at radius 1 is 1.56 bits per heavy atom.